The third-order valence-corrected chi connectivity index (χ3v) is 2.74. The number of Topliss-reactive ketones (excluding diaryl/α,β-unsaturated/α-hetero) is 1. The molecule has 0 saturated heterocycles. The van der Waals surface area contributed by atoms with E-state index in [1.54, 1.807) is 13.0 Å². The Balaban J connectivity index is 3.13. The largest absolute Gasteiger partial charge is 0.398 e. The van der Waals surface area contributed by atoms with Crippen molar-refractivity contribution < 1.29 is 4.79 Å². The van der Waals surface area contributed by atoms with Gasteiger partial charge in [-0.3, -0.25) is 4.79 Å². The fourth-order valence-electron chi connectivity index (χ4n) is 1.62. The number of ketones is 1. The Morgan fingerprint density at radius 2 is 1.88 bits per heavy atom. The third kappa shape index (κ3) is 2.27. The summed E-state index contributed by atoms with van der Waals surface area (Å²) in [4.78, 5) is 11.9. The van der Waals surface area contributed by atoms with Gasteiger partial charge in [0.2, 0.25) is 0 Å². The molecule has 4 nitrogen and oxygen atoms in total. The van der Waals surface area contributed by atoms with E-state index < -0.39 is 0 Å². The maximum atomic E-state index is 11.9. The van der Waals surface area contributed by atoms with Gasteiger partial charge in [-0.1, -0.05) is 13.3 Å². The summed E-state index contributed by atoms with van der Waals surface area (Å²) >= 11 is 0. The molecule has 16 heavy (non-hydrogen) atoms. The average Bonchev–Trinajstić information content (AvgIpc) is 2.23. The number of benzene rings is 1. The molecular formula is C12H19N3O. The average molecular weight is 221 g/mol. The van der Waals surface area contributed by atoms with Crippen LogP contribution >= 0.6 is 0 Å². The quantitative estimate of drug-likeness (QED) is 0.536. The van der Waals surface area contributed by atoms with Crippen molar-refractivity contribution in [3.05, 3.63) is 17.2 Å². The lowest BCUT2D eigenvalue weighted by Crippen LogP contribution is -2.10. The number of carbonyl (C=O) groups is 1. The van der Waals surface area contributed by atoms with Crippen molar-refractivity contribution in [1.29, 1.82) is 0 Å². The first kappa shape index (κ1) is 12.4. The second-order valence-electron chi connectivity index (χ2n) is 4.00. The summed E-state index contributed by atoms with van der Waals surface area (Å²) in [7, 11) is 0. The topological polar surface area (TPSA) is 95.1 Å². The van der Waals surface area contributed by atoms with Gasteiger partial charge in [0.25, 0.3) is 0 Å². The Morgan fingerprint density at radius 3 is 2.44 bits per heavy atom. The fraction of sp³-hybridized carbons (Fsp3) is 0.417. The molecule has 0 unspecified atom stereocenters. The Morgan fingerprint density at radius 1 is 1.25 bits per heavy atom. The minimum atomic E-state index is -0.0000463. The normalized spacial score (nSPS) is 10.4. The van der Waals surface area contributed by atoms with Gasteiger partial charge in [-0.15, -0.1) is 0 Å². The standard InChI is InChI=1S/C12H19N3O/c1-3-4-5-10(16)11-9(14)6-8(13)7(2)12(11)15/h6H,3-5,13-15H2,1-2H3. The molecule has 1 aromatic carbocycles. The van der Waals surface area contributed by atoms with E-state index >= 15 is 0 Å². The van der Waals surface area contributed by atoms with E-state index in [0.29, 0.717) is 29.0 Å². The number of nitrogen functional groups attached to an aromatic ring is 3. The van der Waals surface area contributed by atoms with Gasteiger partial charge < -0.3 is 17.2 Å². The molecule has 0 amide bonds. The summed E-state index contributed by atoms with van der Waals surface area (Å²) in [5.41, 5.74) is 19.9. The van der Waals surface area contributed by atoms with Crippen molar-refractivity contribution in [3.63, 3.8) is 0 Å². The molecule has 0 aliphatic heterocycles. The number of hydrogen-bond donors (Lipinski definition) is 3. The first-order valence-electron chi connectivity index (χ1n) is 5.46. The Labute approximate surface area is 95.8 Å². The van der Waals surface area contributed by atoms with Gasteiger partial charge in [-0.05, 0) is 25.0 Å². The van der Waals surface area contributed by atoms with Crippen LogP contribution in [0.25, 0.3) is 0 Å². The van der Waals surface area contributed by atoms with Gasteiger partial charge in [-0.2, -0.15) is 0 Å². The number of rotatable bonds is 4. The zero-order chi connectivity index (χ0) is 12.3. The number of unbranched alkanes of at least 4 members (excludes halogenated alkanes) is 1. The van der Waals surface area contributed by atoms with Crippen LogP contribution in [0.5, 0.6) is 0 Å². The number of anilines is 3. The molecule has 0 saturated carbocycles. The summed E-state index contributed by atoms with van der Waals surface area (Å²) in [5.74, 6) is -0.0000463. The highest BCUT2D eigenvalue weighted by Gasteiger charge is 2.16. The molecule has 4 heteroatoms. The second kappa shape index (κ2) is 4.88. The zero-order valence-corrected chi connectivity index (χ0v) is 9.84. The van der Waals surface area contributed by atoms with Crippen LogP contribution in [0.3, 0.4) is 0 Å². The van der Waals surface area contributed by atoms with E-state index in [-0.39, 0.29) is 5.78 Å². The van der Waals surface area contributed by atoms with E-state index in [2.05, 4.69) is 0 Å². The van der Waals surface area contributed by atoms with E-state index in [4.69, 9.17) is 17.2 Å². The lowest BCUT2D eigenvalue weighted by molar-refractivity contribution is 0.0981. The van der Waals surface area contributed by atoms with Crippen LogP contribution in [-0.4, -0.2) is 5.78 Å². The minimum absolute atomic E-state index is 0.0000463. The Hall–Kier alpha value is -1.71. The highest BCUT2D eigenvalue weighted by atomic mass is 16.1. The molecule has 88 valence electrons. The molecular weight excluding hydrogens is 202 g/mol. The van der Waals surface area contributed by atoms with Crippen molar-refractivity contribution in [1.82, 2.24) is 0 Å². The van der Waals surface area contributed by atoms with E-state index in [1.807, 2.05) is 6.92 Å². The first-order chi connectivity index (χ1) is 7.49. The Kier molecular flexibility index (Phi) is 3.77. The maximum absolute atomic E-state index is 11.9. The molecule has 0 heterocycles. The molecule has 0 aromatic heterocycles. The lowest BCUT2D eigenvalue weighted by atomic mass is 9.98. The lowest BCUT2D eigenvalue weighted by Gasteiger charge is -2.12. The fourth-order valence-corrected chi connectivity index (χ4v) is 1.62. The van der Waals surface area contributed by atoms with Crippen LogP contribution in [0.15, 0.2) is 6.07 Å². The van der Waals surface area contributed by atoms with Crippen LogP contribution in [-0.2, 0) is 0 Å². The van der Waals surface area contributed by atoms with Gasteiger partial charge >= 0.3 is 0 Å². The van der Waals surface area contributed by atoms with Gasteiger partial charge in [-0.25, -0.2) is 0 Å². The van der Waals surface area contributed by atoms with Crippen LogP contribution in [0.1, 0.15) is 42.1 Å². The highest BCUT2D eigenvalue weighted by Crippen LogP contribution is 2.29. The van der Waals surface area contributed by atoms with E-state index in [9.17, 15) is 4.79 Å². The van der Waals surface area contributed by atoms with E-state index in [0.717, 1.165) is 18.4 Å². The van der Waals surface area contributed by atoms with Crippen LogP contribution < -0.4 is 17.2 Å². The zero-order valence-electron chi connectivity index (χ0n) is 9.84. The maximum Gasteiger partial charge on any atom is 0.167 e. The summed E-state index contributed by atoms with van der Waals surface area (Å²) in [6.07, 6.45) is 2.30. The van der Waals surface area contributed by atoms with Crippen LogP contribution in [0.4, 0.5) is 17.1 Å². The molecule has 0 bridgehead atoms. The highest BCUT2D eigenvalue weighted by molar-refractivity contribution is 6.07. The van der Waals surface area contributed by atoms with Crippen molar-refractivity contribution in [2.75, 3.05) is 17.2 Å². The summed E-state index contributed by atoms with van der Waals surface area (Å²) in [6.45, 7) is 3.83. The van der Waals surface area contributed by atoms with E-state index in [1.165, 1.54) is 0 Å². The smallest absolute Gasteiger partial charge is 0.167 e. The SMILES string of the molecule is CCCCC(=O)c1c(N)cc(N)c(C)c1N. The van der Waals surface area contributed by atoms with Gasteiger partial charge in [0.1, 0.15) is 0 Å². The summed E-state index contributed by atoms with van der Waals surface area (Å²) in [5, 5.41) is 0. The molecule has 0 aliphatic rings. The molecule has 0 radical (unpaired) electrons. The van der Waals surface area contributed by atoms with Crippen LogP contribution in [0, 0.1) is 6.92 Å². The molecule has 0 fully saturated rings. The molecule has 1 aromatic rings. The summed E-state index contributed by atoms with van der Waals surface area (Å²) in [6, 6.07) is 1.60. The predicted octanol–water partition coefficient (Wildman–Crippen LogP) is 2.11. The number of nitrogens with two attached hydrogens (primary N) is 3. The Bertz CT molecular complexity index is 413. The van der Waals surface area contributed by atoms with Crippen LogP contribution in [0.2, 0.25) is 0 Å². The summed E-state index contributed by atoms with van der Waals surface area (Å²) < 4.78 is 0. The second-order valence-corrected chi connectivity index (χ2v) is 4.00. The van der Waals surface area contributed by atoms with Gasteiger partial charge in [0.05, 0.1) is 5.56 Å². The van der Waals surface area contributed by atoms with Crippen molar-refractivity contribution >= 4 is 22.8 Å². The third-order valence-electron chi connectivity index (χ3n) is 2.74. The number of carbonyl (C=O) groups excluding carboxylic acids is 1. The minimum Gasteiger partial charge on any atom is -0.398 e. The molecule has 1 rings (SSSR count). The predicted molar refractivity (Wildman–Crippen MR) is 68.3 cm³/mol. The van der Waals surface area contributed by atoms with Gasteiger partial charge in [0.15, 0.2) is 5.78 Å². The molecule has 0 atom stereocenters. The molecule has 0 aliphatic carbocycles. The molecule has 6 N–H and O–H groups in total. The van der Waals surface area contributed by atoms with Crippen molar-refractivity contribution in [3.8, 4) is 0 Å². The van der Waals surface area contributed by atoms with Gasteiger partial charge in [0, 0.05) is 23.5 Å². The first-order valence-corrected chi connectivity index (χ1v) is 5.46. The molecule has 0 spiro atoms. The number of hydrogen-bond acceptors (Lipinski definition) is 4. The van der Waals surface area contributed by atoms with Crippen molar-refractivity contribution in [2.45, 2.75) is 33.1 Å². The van der Waals surface area contributed by atoms with Crippen molar-refractivity contribution in [2.24, 2.45) is 0 Å². The monoisotopic (exact) mass is 221 g/mol.